The quantitative estimate of drug-likeness (QED) is 0.509. The molecule has 0 spiro atoms. The molecular formula is C23H23N5O5. The second kappa shape index (κ2) is 8.30. The zero-order valence-electron chi connectivity index (χ0n) is 17.7. The maximum absolute atomic E-state index is 13.1. The number of amidine groups is 1. The maximum Gasteiger partial charge on any atom is 0.259 e. The third kappa shape index (κ3) is 3.94. The predicted octanol–water partition coefficient (Wildman–Crippen LogP) is -0.191. The van der Waals surface area contributed by atoms with Crippen LogP contribution in [-0.2, 0) is 38.6 Å². The van der Waals surface area contributed by atoms with Gasteiger partial charge in [0.1, 0.15) is 5.84 Å². The van der Waals surface area contributed by atoms with Crippen LogP contribution in [0.3, 0.4) is 0 Å². The Bertz CT molecular complexity index is 1190. The first-order valence-electron chi connectivity index (χ1n) is 10.6. The molecule has 0 saturated carbocycles. The van der Waals surface area contributed by atoms with E-state index in [1.165, 1.54) is 4.90 Å². The Hall–Kier alpha value is -3.76. The molecule has 0 bridgehead atoms. The molecule has 0 radical (unpaired) electrons. The molecule has 33 heavy (non-hydrogen) atoms. The summed E-state index contributed by atoms with van der Waals surface area (Å²) in [5, 5.41) is 16.0. The summed E-state index contributed by atoms with van der Waals surface area (Å²) in [5.41, 5.74) is 10.4. The molecule has 2 aromatic rings. The van der Waals surface area contributed by atoms with Crippen molar-refractivity contribution >= 4 is 34.9 Å². The number of hydrogen-bond acceptors (Lipinski definition) is 7. The molecule has 2 atom stereocenters. The predicted molar refractivity (Wildman–Crippen MR) is 120 cm³/mol. The molecule has 0 aliphatic carbocycles. The Morgan fingerprint density at radius 3 is 2.91 bits per heavy atom. The summed E-state index contributed by atoms with van der Waals surface area (Å²) < 4.78 is 5.48. The number of amides is 3. The third-order valence-electron chi connectivity index (χ3n) is 6.07. The topological polar surface area (TPSA) is 146 Å². The highest BCUT2D eigenvalue weighted by atomic mass is 16.5. The third-order valence-corrected chi connectivity index (χ3v) is 6.07. The number of rotatable bonds is 4. The van der Waals surface area contributed by atoms with Gasteiger partial charge in [-0.25, -0.2) is 0 Å². The van der Waals surface area contributed by atoms with Crippen LogP contribution in [0, 0.1) is 0 Å². The molecule has 170 valence electrons. The number of aliphatic hydroxyl groups is 1. The zero-order valence-corrected chi connectivity index (χ0v) is 17.7. The lowest BCUT2D eigenvalue weighted by atomic mass is 9.99. The zero-order chi connectivity index (χ0) is 23.1. The van der Waals surface area contributed by atoms with Crippen LogP contribution in [-0.4, -0.2) is 54.0 Å². The fourth-order valence-electron chi connectivity index (χ4n) is 4.30. The van der Waals surface area contributed by atoms with Gasteiger partial charge in [0.15, 0.2) is 12.2 Å². The van der Waals surface area contributed by atoms with Crippen LogP contribution < -0.4 is 21.3 Å². The average molecular weight is 449 g/mol. The van der Waals surface area contributed by atoms with E-state index in [4.69, 9.17) is 10.5 Å². The van der Waals surface area contributed by atoms with Gasteiger partial charge in [0, 0.05) is 30.0 Å². The highest BCUT2D eigenvalue weighted by molar-refractivity contribution is 6.05. The van der Waals surface area contributed by atoms with Gasteiger partial charge in [-0.05, 0) is 47.0 Å². The van der Waals surface area contributed by atoms with E-state index in [2.05, 4.69) is 15.6 Å². The van der Waals surface area contributed by atoms with Crippen LogP contribution in [0.1, 0.15) is 22.3 Å². The Balaban J connectivity index is 1.29. The fraction of sp³-hybridized carbons (Fsp3) is 0.304. The minimum Gasteiger partial charge on any atom is -0.383 e. The summed E-state index contributed by atoms with van der Waals surface area (Å²) in [6.07, 6.45) is -2.79. The summed E-state index contributed by atoms with van der Waals surface area (Å²) in [6, 6.07) is 10.6. The number of fused-ring (bicyclic) bond motifs is 2. The second-order valence-electron chi connectivity index (χ2n) is 8.20. The first-order valence-corrected chi connectivity index (χ1v) is 10.6. The number of carbonyl (C=O) groups excluding carboxylic acids is 3. The highest BCUT2D eigenvalue weighted by Crippen LogP contribution is 2.26. The van der Waals surface area contributed by atoms with Gasteiger partial charge in [-0.15, -0.1) is 0 Å². The Labute approximate surface area is 189 Å². The van der Waals surface area contributed by atoms with Gasteiger partial charge in [-0.3, -0.25) is 19.4 Å². The van der Waals surface area contributed by atoms with Crippen LogP contribution in [0.5, 0.6) is 0 Å². The van der Waals surface area contributed by atoms with E-state index >= 15 is 0 Å². The van der Waals surface area contributed by atoms with Gasteiger partial charge in [-0.1, -0.05) is 6.07 Å². The Morgan fingerprint density at radius 1 is 1.21 bits per heavy atom. The Kier molecular flexibility index (Phi) is 5.31. The molecule has 1 fully saturated rings. The van der Waals surface area contributed by atoms with Gasteiger partial charge < -0.3 is 31.1 Å². The molecule has 3 aliphatic heterocycles. The van der Waals surface area contributed by atoms with Crippen molar-refractivity contribution in [1.29, 1.82) is 0 Å². The van der Waals surface area contributed by atoms with Crippen LogP contribution in [0.25, 0.3) is 0 Å². The molecule has 5 N–H and O–H groups in total. The monoisotopic (exact) mass is 449 g/mol. The van der Waals surface area contributed by atoms with Crippen molar-refractivity contribution in [2.24, 2.45) is 10.7 Å². The van der Waals surface area contributed by atoms with E-state index < -0.39 is 24.0 Å². The number of nitrogens with one attached hydrogen (secondary N) is 2. The number of ether oxygens (including phenoxy) is 1. The van der Waals surface area contributed by atoms with Crippen LogP contribution in [0.2, 0.25) is 0 Å². The minimum atomic E-state index is -1.70. The van der Waals surface area contributed by atoms with E-state index in [1.807, 2.05) is 6.07 Å². The number of aliphatic hydroxyl groups excluding tert-OH is 1. The van der Waals surface area contributed by atoms with Crippen molar-refractivity contribution in [3.8, 4) is 0 Å². The van der Waals surface area contributed by atoms with E-state index in [0.717, 1.165) is 22.3 Å². The molecule has 10 heteroatoms. The average Bonchev–Trinajstić information content (AvgIpc) is 3.18. The first-order chi connectivity index (χ1) is 15.9. The molecule has 1 saturated heterocycles. The molecule has 2 aromatic carbocycles. The standard InChI is InChI=1S/C23H23N5O5/c24-21-17-4-2-15(7-14(17)11-26-21)27-22(31)19(30)20-23(32)28(5-6-33-20)16-3-1-12-10-25-18(29)9-13(12)8-16/h1-4,7-8,19-20,30H,5-6,9-11H2,(H2,24,26)(H,25,29)(H,27,31)/t19?,20-/m1/s1. The number of anilines is 2. The van der Waals surface area contributed by atoms with Crippen molar-refractivity contribution in [2.45, 2.75) is 31.7 Å². The van der Waals surface area contributed by atoms with Crippen molar-refractivity contribution in [3.05, 3.63) is 58.7 Å². The summed E-state index contributed by atoms with van der Waals surface area (Å²) in [7, 11) is 0. The van der Waals surface area contributed by atoms with E-state index in [-0.39, 0.29) is 25.5 Å². The van der Waals surface area contributed by atoms with Crippen molar-refractivity contribution in [1.82, 2.24) is 5.32 Å². The van der Waals surface area contributed by atoms with Gasteiger partial charge in [0.25, 0.3) is 11.8 Å². The van der Waals surface area contributed by atoms with Crippen molar-refractivity contribution in [3.63, 3.8) is 0 Å². The lowest BCUT2D eigenvalue weighted by Gasteiger charge is -2.34. The summed E-state index contributed by atoms with van der Waals surface area (Å²) in [6.45, 7) is 1.32. The molecule has 3 heterocycles. The number of nitrogens with two attached hydrogens (primary N) is 1. The number of morpholine rings is 1. The lowest BCUT2D eigenvalue weighted by molar-refractivity contribution is -0.150. The minimum absolute atomic E-state index is 0.0706. The second-order valence-corrected chi connectivity index (χ2v) is 8.20. The van der Waals surface area contributed by atoms with Gasteiger partial charge in [0.2, 0.25) is 5.91 Å². The number of carbonyl (C=O) groups is 3. The molecule has 3 aliphatic rings. The van der Waals surface area contributed by atoms with Crippen LogP contribution >= 0.6 is 0 Å². The van der Waals surface area contributed by atoms with E-state index in [0.29, 0.717) is 30.3 Å². The number of aliphatic imine (C=N–C) groups is 1. The smallest absolute Gasteiger partial charge is 0.259 e. The molecule has 5 rings (SSSR count). The van der Waals surface area contributed by atoms with E-state index in [1.54, 1.807) is 30.3 Å². The van der Waals surface area contributed by atoms with Gasteiger partial charge >= 0.3 is 0 Å². The maximum atomic E-state index is 13.1. The summed E-state index contributed by atoms with van der Waals surface area (Å²) >= 11 is 0. The summed E-state index contributed by atoms with van der Waals surface area (Å²) in [4.78, 5) is 43.1. The van der Waals surface area contributed by atoms with E-state index in [9.17, 15) is 19.5 Å². The molecule has 0 aromatic heterocycles. The molecule has 10 nitrogen and oxygen atoms in total. The van der Waals surface area contributed by atoms with Gasteiger partial charge in [-0.2, -0.15) is 0 Å². The van der Waals surface area contributed by atoms with Crippen LogP contribution in [0.15, 0.2) is 41.4 Å². The largest absolute Gasteiger partial charge is 0.383 e. The fourth-order valence-corrected chi connectivity index (χ4v) is 4.30. The van der Waals surface area contributed by atoms with Gasteiger partial charge in [0.05, 0.1) is 19.6 Å². The number of hydrogen-bond donors (Lipinski definition) is 4. The molecular weight excluding hydrogens is 426 g/mol. The normalized spacial score (nSPS) is 20.5. The summed E-state index contributed by atoms with van der Waals surface area (Å²) in [5.74, 6) is -0.880. The first kappa shape index (κ1) is 21.1. The number of benzene rings is 2. The molecule has 1 unspecified atom stereocenters. The SMILES string of the molecule is NC1=NCc2cc(NC(=O)C(O)[C@H]3OCCN(c4ccc5c(c4)CC(=O)NC5)C3=O)ccc21. The lowest BCUT2D eigenvalue weighted by Crippen LogP contribution is -2.55. The molecule has 3 amide bonds. The number of nitrogens with zero attached hydrogens (tertiary/aromatic N) is 2. The Morgan fingerprint density at radius 2 is 2.06 bits per heavy atom. The highest BCUT2D eigenvalue weighted by Gasteiger charge is 2.39. The van der Waals surface area contributed by atoms with Crippen molar-refractivity contribution < 1.29 is 24.2 Å². The van der Waals surface area contributed by atoms with Crippen LogP contribution in [0.4, 0.5) is 11.4 Å². The van der Waals surface area contributed by atoms with Crippen molar-refractivity contribution in [2.75, 3.05) is 23.4 Å².